The SMILES string of the molecule is CC[C@@H](C)C(=O)N[C@@H](Cc1ccc(OS(=O)(=O)F)cc1)C(=O)N1CCC[C@H]1C(=O)N[C@@H]1Cc2ccccc2[C@@H]1NC(=O)c1ccc(-c2ccc(C(=O)N[C@H]3c4ccccc4C[C@H]3CC(=O)[C@@H]3CCCN3C(=O)[C@@H](CC(=O)[C@H](C)NC)Cc3ccc(F)cc3)cc2)cc1. The number of likely N-dealkylation sites (N-methyl/N-ethyl adjacent to an activating group) is 1. The summed E-state index contributed by atoms with van der Waals surface area (Å²) in [5.74, 6) is -4.62. The van der Waals surface area contributed by atoms with Gasteiger partial charge in [-0.05, 0) is 164 Å². The molecule has 2 aliphatic carbocycles. The number of hydrogen-bond acceptors (Lipinski definition) is 12. The van der Waals surface area contributed by atoms with Gasteiger partial charge in [-0.2, -0.15) is 8.42 Å². The molecule has 0 unspecified atom stereocenters. The fourth-order valence-corrected chi connectivity index (χ4v) is 13.6. The van der Waals surface area contributed by atoms with Crippen LogP contribution >= 0.6 is 0 Å². The van der Waals surface area contributed by atoms with Gasteiger partial charge in [-0.15, -0.1) is 0 Å². The highest BCUT2D eigenvalue weighted by molar-refractivity contribution is 7.81. The molecule has 2 heterocycles. The van der Waals surface area contributed by atoms with E-state index in [0.717, 1.165) is 33.4 Å². The van der Waals surface area contributed by atoms with Crippen LogP contribution in [0.3, 0.4) is 0 Å². The van der Waals surface area contributed by atoms with Crippen molar-refractivity contribution in [3.63, 3.8) is 0 Å². The number of likely N-dealkylation sites (tertiary alicyclic amines) is 2. The Labute approximate surface area is 535 Å². The molecular weight excluding hydrogens is 1200 g/mol. The lowest BCUT2D eigenvalue weighted by Gasteiger charge is -2.31. The highest BCUT2D eigenvalue weighted by atomic mass is 32.3. The van der Waals surface area contributed by atoms with E-state index in [2.05, 4.69) is 30.8 Å². The van der Waals surface area contributed by atoms with Gasteiger partial charge in [0.05, 0.1) is 30.2 Å². The van der Waals surface area contributed by atoms with Gasteiger partial charge in [-0.1, -0.05) is 115 Å². The Hall–Kier alpha value is -8.95. The number of amides is 6. The molecule has 6 amide bonds. The van der Waals surface area contributed by atoms with Gasteiger partial charge in [-0.25, -0.2) is 4.39 Å². The van der Waals surface area contributed by atoms with E-state index in [1.54, 1.807) is 62.2 Å². The van der Waals surface area contributed by atoms with Crippen LogP contribution in [0.25, 0.3) is 11.1 Å². The van der Waals surface area contributed by atoms with Crippen LogP contribution in [0.1, 0.15) is 132 Å². The van der Waals surface area contributed by atoms with Crippen LogP contribution in [0.4, 0.5) is 8.28 Å². The lowest BCUT2D eigenvalue weighted by molar-refractivity contribution is -0.142. The van der Waals surface area contributed by atoms with Crippen molar-refractivity contribution in [3.05, 3.63) is 196 Å². The van der Waals surface area contributed by atoms with E-state index in [1.165, 1.54) is 41.3 Å². The second-order valence-corrected chi connectivity index (χ2v) is 25.6. The van der Waals surface area contributed by atoms with Crippen LogP contribution in [0.5, 0.6) is 5.75 Å². The van der Waals surface area contributed by atoms with Gasteiger partial charge in [0, 0.05) is 55.3 Å². The lowest BCUT2D eigenvalue weighted by atomic mass is 9.89. The third-order valence-corrected chi connectivity index (χ3v) is 19.0. The average molecular weight is 1270 g/mol. The molecule has 5 N–H and O–H groups in total. The fraction of sp³-hybridized carbons (Fsp3) is 0.380. The monoisotopic (exact) mass is 1270 g/mol. The second kappa shape index (κ2) is 29.1. The molecule has 0 spiro atoms. The van der Waals surface area contributed by atoms with Gasteiger partial charge in [0.15, 0.2) is 5.78 Å². The molecule has 6 aromatic rings. The summed E-state index contributed by atoms with van der Waals surface area (Å²) in [6, 6.07) is 35.9. The predicted octanol–water partition coefficient (Wildman–Crippen LogP) is 8.38. The number of rotatable bonds is 25. The van der Waals surface area contributed by atoms with Crippen molar-refractivity contribution in [2.24, 2.45) is 17.8 Å². The number of carbonyl (C=O) groups is 8. The smallest absolute Gasteiger partial charge is 0.358 e. The van der Waals surface area contributed by atoms with E-state index in [4.69, 9.17) is 0 Å². The minimum Gasteiger partial charge on any atom is -0.358 e. The molecule has 0 bridgehead atoms. The van der Waals surface area contributed by atoms with E-state index in [9.17, 15) is 55.1 Å². The Morgan fingerprint density at radius 2 is 1.16 bits per heavy atom. The zero-order chi connectivity index (χ0) is 65.4. The molecule has 92 heavy (non-hydrogen) atoms. The maximum atomic E-state index is 14.5. The van der Waals surface area contributed by atoms with E-state index in [0.29, 0.717) is 73.7 Å². The van der Waals surface area contributed by atoms with Gasteiger partial charge >= 0.3 is 10.5 Å². The van der Waals surface area contributed by atoms with Gasteiger partial charge in [0.1, 0.15) is 29.4 Å². The first kappa shape index (κ1) is 66.0. The minimum absolute atomic E-state index is 0.0129. The van der Waals surface area contributed by atoms with Crippen molar-refractivity contribution in [1.29, 1.82) is 0 Å². The summed E-state index contributed by atoms with van der Waals surface area (Å²) >= 11 is 0. The number of ketones is 2. The third kappa shape index (κ3) is 15.7. The van der Waals surface area contributed by atoms with Crippen LogP contribution in [-0.2, 0) is 65.0 Å². The molecule has 2 saturated heterocycles. The van der Waals surface area contributed by atoms with E-state index >= 15 is 0 Å². The molecule has 0 aromatic heterocycles. The van der Waals surface area contributed by atoms with Crippen molar-refractivity contribution in [1.82, 2.24) is 36.4 Å². The zero-order valence-corrected chi connectivity index (χ0v) is 52.7. The maximum Gasteiger partial charge on any atom is 0.488 e. The summed E-state index contributed by atoms with van der Waals surface area (Å²) in [5, 5.41) is 15.4. The second-order valence-electron chi connectivity index (χ2n) is 24.7. The Morgan fingerprint density at radius 3 is 1.75 bits per heavy atom. The molecule has 10 atom stereocenters. The topological polar surface area (TPSA) is 247 Å². The highest BCUT2D eigenvalue weighted by Crippen LogP contribution is 2.40. The van der Waals surface area contributed by atoms with Crippen molar-refractivity contribution < 1.29 is 59.2 Å². The molecule has 4 aliphatic rings. The zero-order valence-electron chi connectivity index (χ0n) is 51.9. The van der Waals surface area contributed by atoms with Crippen LogP contribution < -0.4 is 30.8 Å². The van der Waals surface area contributed by atoms with Crippen molar-refractivity contribution in [2.45, 2.75) is 134 Å². The van der Waals surface area contributed by atoms with Crippen LogP contribution in [0.2, 0.25) is 0 Å². The molecule has 0 radical (unpaired) electrons. The lowest BCUT2D eigenvalue weighted by Crippen LogP contribution is -2.56. The van der Waals surface area contributed by atoms with Crippen molar-refractivity contribution in [2.75, 3.05) is 20.1 Å². The molecule has 2 aliphatic heterocycles. The Balaban J connectivity index is 0.769. The molecule has 10 rings (SSSR count). The molecule has 482 valence electrons. The summed E-state index contributed by atoms with van der Waals surface area (Å²) in [4.78, 5) is 116. The van der Waals surface area contributed by atoms with Gasteiger partial charge in [0.25, 0.3) is 11.8 Å². The van der Waals surface area contributed by atoms with E-state index in [-0.39, 0.29) is 79.1 Å². The van der Waals surface area contributed by atoms with E-state index < -0.39 is 82.3 Å². The first-order chi connectivity index (χ1) is 44.1. The molecular formula is C71H77F2N7O11S. The van der Waals surface area contributed by atoms with Crippen LogP contribution in [0, 0.1) is 23.6 Å². The number of fused-ring (bicyclic) bond motifs is 2. The van der Waals surface area contributed by atoms with Gasteiger partial charge < -0.3 is 40.6 Å². The summed E-state index contributed by atoms with van der Waals surface area (Å²) in [7, 11) is -3.59. The number of hydrogen-bond donors (Lipinski definition) is 5. The van der Waals surface area contributed by atoms with Gasteiger partial charge in [0.2, 0.25) is 23.6 Å². The first-order valence-electron chi connectivity index (χ1n) is 31.5. The summed E-state index contributed by atoms with van der Waals surface area (Å²) in [6.07, 6.45) is 3.71. The first-order valence-corrected chi connectivity index (χ1v) is 32.9. The number of carbonyl (C=O) groups excluding carboxylic acids is 8. The summed E-state index contributed by atoms with van der Waals surface area (Å²) in [5.41, 5.74) is 7.27. The molecule has 2 fully saturated rings. The van der Waals surface area contributed by atoms with Gasteiger partial charge in [-0.3, -0.25) is 38.4 Å². The van der Waals surface area contributed by atoms with E-state index in [1.807, 2.05) is 79.7 Å². The number of nitrogens with zero attached hydrogens (tertiary/aromatic N) is 2. The Morgan fingerprint density at radius 1 is 0.630 bits per heavy atom. The average Bonchev–Trinajstić information content (AvgIpc) is 1.79. The van der Waals surface area contributed by atoms with Crippen LogP contribution in [-0.4, -0.2) is 116 Å². The summed E-state index contributed by atoms with van der Waals surface area (Å²) < 4.78 is 53.5. The minimum atomic E-state index is -5.27. The fourth-order valence-electron chi connectivity index (χ4n) is 13.3. The third-order valence-electron chi connectivity index (χ3n) is 18.7. The molecule has 18 nitrogen and oxygen atoms in total. The Kier molecular flexibility index (Phi) is 20.9. The largest absolute Gasteiger partial charge is 0.488 e. The van der Waals surface area contributed by atoms with Crippen molar-refractivity contribution in [3.8, 4) is 16.9 Å². The Bertz CT molecular complexity index is 3830. The summed E-state index contributed by atoms with van der Waals surface area (Å²) in [6.45, 7) is 5.93. The number of nitrogens with one attached hydrogen (secondary N) is 5. The normalized spacial score (nSPS) is 20.4. The predicted molar refractivity (Wildman–Crippen MR) is 341 cm³/mol. The van der Waals surface area contributed by atoms with Crippen molar-refractivity contribution >= 4 is 57.5 Å². The quantitative estimate of drug-likeness (QED) is 0.0339. The molecule has 21 heteroatoms. The highest BCUT2D eigenvalue weighted by Gasteiger charge is 2.44. The number of Topliss-reactive ketones (excluding diaryl/α,β-unsaturated/α-hetero) is 2. The maximum absolute atomic E-state index is 14.5. The number of halogens is 2. The standard InChI is InChI=1S/C71H77F2N7O11S/c1-5-42(2)66(83)76-59(37-45-20-32-55(33-21-45)91-92(73,89)90)71(88)80-35-11-17-61(80)69(86)75-58-39-51-13-7-9-15-57(51)65(58)78-68(85)49-28-24-47(25-29-49)46-22-26-48(27-23-46)67(84)77-64-52(38-50-12-6-8-14-56(50)64)40-63(82)60-16-10-34-79(60)70(87)53(41-62(81)43(3)74-4)36-44-18-30-54(72)31-19-44/h6-9,12-15,18-33,42-43,52-53,58-61,64-65,74H,5,10-11,16-17,34-41H2,1-4H3,(H,75,86)(H,76,83)(H,77,84)(H,78,85)/t42-,43+,52+,53-,58-,59+,60+,61+,64-,65+/m1/s1. The molecule has 6 aromatic carbocycles. The number of benzene rings is 6. The van der Waals surface area contributed by atoms with Crippen LogP contribution in [0.15, 0.2) is 146 Å². The molecule has 0 saturated carbocycles.